The molecule has 0 aliphatic rings. The van der Waals surface area contributed by atoms with Crippen LogP contribution in [0.1, 0.15) is 24.2 Å². The largest absolute Gasteiger partial charge is 0.302 e. The Hall–Kier alpha value is -2.63. The van der Waals surface area contributed by atoms with Crippen LogP contribution >= 0.6 is 35.5 Å². The molecule has 7 nitrogen and oxygen atoms in total. The number of thioether (sulfide) groups is 1. The molecule has 0 fully saturated rings. The average Bonchev–Trinajstić information content (AvgIpc) is 3.38. The zero-order valence-corrected chi connectivity index (χ0v) is 25.7. The van der Waals surface area contributed by atoms with E-state index in [9.17, 15) is 13.2 Å². The summed E-state index contributed by atoms with van der Waals surface area (Å²) in [5.41, 5.74) is 1.83. The van der Waals surface area contributed by atoms with Crippen LogP contribution in [0.4, 0.5) is 10.8 Å². The van der Waals surface area contributed by atoms with Gasteiger partial charge in [-0.15, -0.1) is 24.2 Å². The van der Waals surface area contributed by atoms with Crippen molar-refractivity contribution in [3.8, 4) is 0 Å². The number of fused-ring (bicyclic) bond motifs is 1. The quantitative estimate of drug-likeness (QED) is 0.188. The van der Waals surface area contributed by atoms with Gasteiger partial charge in [0.2, 0.25) is 0 Å². The van der Waals surface area contributed by atoms with E-state index >= 15 is 0 Å². The fourth-order valence-electron chi connectivity index (χ4n) is 4.06. The number of benzene rings is 3. The van der Waals surface area contributed by atoms with Crippen LogP contribution in [0.3, 0.4) is 0 Å². The van der Waals surface area contributed by atoms with Gasteiger partial charge in [0.1, 0.15) is 0 Å². The molecule has 0 spiro atoms. The Morgan fingerprint density at radius 2 is 1.62 bits per heavy atom. The van der Waals surface area contributed by atoms with Gasteiger partial charge in [-0.2, -0.15) is 0 Å². The van der Waals surface area contributed by atoms with Gasteiger partial charge in [-0.25, -0.2) is 13.4 Å². The van der Waals surface area contributed by atoms with Gasteiger partial charge in [0.25, 0.3) is 15.9 Å². The summed E-state index contributed by atoms with van der Waals surface area (Å²) in [5, 5.41) is 0.635. The summed E-state index contributed by atoms with van der Waals surface area (Å²) in [6.07, 6.45) is 2.03. The third kappa shape index (κ3) is 6.93. The third-order valence-corrected chi connectivity index (χ3v) is 10.0. The van der Waals surface area contributed by atoms with Crippen molar-refractivity contribution in [1.29, 1.82) is 0 Å². The van der Waals surface area contributed by atoms with Crippen LogP contribution in [-0.2, 0) is 10.0 Å². The second-order valence-corrected chi connectivity index (χ2v) is 12.5. The number of para-hydroxylation sites is 1. The zero-order chi connectivity index (χ0) is 27.3. The van der Waals surface area contributed by atoms with Crippen molar-refractivity contribution in [1.82, 2.24) is 9.88 Å². The average molecular weight is 605 g/mol. The van der Waals surface area contributed by atoms with Gasteiger partial charge in [-0.05, 0) is 73.9 Å². The van der Waals surface area contributed by atoms with E-state index in [4.69, 9.17) is 4.98 Å². The van der Waals surface area contributed by atoms with Gasteiger partial charge in [0.15, 0.2) is 5.13 Å². The number of likely N-dealkylation sites (N-methyl/N-ethyl adjacent to an activating group) is 1. The predicted octanol–water partition coefficient (Wildman–Crippen LogP) is 6.25. The molecule has 0 saturated carbocycles. The van der Waals surface area contributed by atoms with Crippen molar-refractivity contribution in [3.05, 3.63) is 78.4 Å². The molecule has 0 saturated heterocycles. The molecule has 0 aliphatic carbocycles. The van der Waals surface area contributed by atoms with Crippen LogP contribution in [0.2, 0.25) is 0 Å². The van der Waals surface area contributed by atoms with Crippen molar-refractivity contribution in [2.24, 2.45) is 0 Å². The first-order valence-corrected chi connectivity index (χ1v) is 15.9. The lowest BCUT2D eigenvalue weighted by Gasteiger charge is -2.25. The molecule has 0 aliphatic heterocycles. The van der Waals surface area contributed by atoms with Crippen molar-refractivity contribution < 1.29 is 13.2 Å². The molecule has 0 N–H and O–H groups in total. The van der Waals surface area contributed by atoms with Crippen LogP contribution in [0.15, 0.2) is 82.6 Å². The van der Waals surface area contributed by atoms with Crippen LogP contribution in [0.5, 0.6) is 0 Å². The summed E-state index contributed by atoms with van der Waals surface area (Å²) in [4.78, 5) is 23.8. The lowest BCUT2D eigenvalue weighted by atomic mass is 10.2. The highest BCUT2D eigenvalue weighted by molar-refractivity contribution is 7.98. The molecule has 0 unspecified atom stereocenters. The van der Waals surface area contributed by atoms with Crippen molar-refractivity contribution in [2.75, 3.05) is 48.7 Å². The Morgan fingerprint density at radius 3 is 2.23 bits per heavy atom. The van der Waals surface area contributed by atoms with Gasteiger partial charge < -0.3 is 4.90 Å². The first-order valence-electron chi connectivity index (χ1n) is 12.4. The maximum atomic E-state index is 13.8. The number of thiazole rings is 1. The topological polar surface area (TPSA) is 73.8 Å². The lowest BCUT2D eigenvalue weighted by molar-refractivity contribution is 0.0983. The molecule has 0 atom stereocenters. The maximum Gasteiger partial charge on any atom is 0.264 e. The Labute approximate surface area is 245 Å². The maximum absolute atomic E-state index is 13.8. The molecule has 4 aromatic rings. The number of hydrogen-bond acceptors (Lipinski definition) is 7. The molecular weight excluding hydrogens is 572 g/mol. The Kier molecular flexibility index (Phi) is 10.8. The number of anilines is 2. The van der Waals surface area contributed by atoms with Gasteiger partial charge in [0, 0.05) is 30.6 Å². The monoisotopic (exact) mass is 604 g/mol. The molecule has 1 amide bonds. The second-order valence-electron chi connectivity index (χ2n) is 8.65. The number of rotatable bonds is 11. The number of aromatic nitrogens is 1. The predicted molar refractivity (Wildman–Crippen MR) is 167 cm³/mol. The van der Waals surface area contributed by atoms with E-state index in [1.54, 1.807) is 53.1 Å². The summed E-state index contributed by atoms with van der Waals surface area (Å²) in [6.45, 7) is 7.16. The minimum Gasteiger partial charge on any atom is -0.302 e. The van der Waals surface area contributed by atoms with Gasteiger partial charge in [-0.1, -0.05) is 43.4 Å². The highest BCUT2D eigenvalue weighted by atomic mass is 35.5. The number of nitrogens with zero attached hydrogens (tertiary/aromatic N) is 4. The smallest absolute Gasteiger partial charge is 0.264 e. The van der Waals surface area contributed by atoms with Crippen molar-refractivity contribution in [3.63, 3.8) is 0 Å². The van der Waals surface area contributed by atoms with Gasteiger partial charge in [-0.3, -0.25) is 14.0 Å². The zero-order valence-electron chi connectivity index (χ0n) is 22.4. The van der Waals surface area contributed by atoms with Crippen LogP contribution in [0, 0.1) is 0 Å². The highest BCUT2D eigenvalue weighted by Gasteiger charge is 2.25. The Bertz CT molecular complexity index is 1490. The molecule has 11 heteroatoms. The molecule has 39 heavy (non-hydrogen) atoms. The molecule has 1 heterocycles. The standard InChI is InChI=1S/C28H32N4O3S3.ClH/c1-5-31(6-2)18-19-32(28-29-25-17-14-23(36-4)20-26(25)37-28)27(33)21-12-15-24(16-13-21)38(34,35)30(3)22-10-8-7-9-11-22;/h7-17,20H,5-6,18-19H2,1-4H3;1H. The highest BCUT2D eigenvalue weighted by Crippen LogP contribution is 2.32. The molecule has 0 bridgehead atoms. The van der Waals surface area contributed by atoms with E-state index in [0.29, 0.717) is 29.5 Å². The molecule has 0 radical (unpaired) electrons. The van der Waals surface area contributed by atoms with Crippen molar-refractivity contribution >= 4 is 72.5 Å². The number of carbonyl (C=O) groups is 1. The number of amides is 1. The van der Waals surface area contributed by atoms with Gasteiger partial charge >= 0.3 is 0 Å². The van der Waals surface area contributed by atoms with E-state index in [-0.39, 0.29) is 23.2 Å². The second kappa shape index (κ2) is 13.6. The first-order chi connectivity index (χ1) is 18.3. The summed E-state index contributed by atoms with van der Waals surface area (Å²) in [5.74, 6) is -0.207. The number of carbonyl (C=O) groups excluding carboxylic acids is 1. The fraction of sp³-hybridized carbons (Fsp3) is 0.286. The Balaban J connectivity index is 0.00000420. The molecule has 208 valence electrons. The Morgan fingerprint density at radius 1 is 0.949 bits per heavy atom. The molecule has 4 rings (SSSR count). The van der Waals surface area contributed by atoms with E-state index in [1.165, 1.54) is 34.8 Å². The lowest BCUT2D eigenvalue weighted by Crippen LogP contribution is -2.38. The van der Waals surface area contributed by atoms with Crippen LogP contribution < -0.4 is 9.21 Å². The SMILES string of the molecule is CCN(CC)CCN(C(=O)c1ccc(S(=O)(=O)N(C)c2ccccc2)cc1)c1nc2ccc(SC)cc2s1.Cl. The summed E-state index contributed by atoms with van der Waals surface area (Å²) >= 11 is 3.16. The number of sulfonamides is 1. The van der Waals surface area contributed by atoms with E-state index < -0.39 is 10.0 Å². The van der Waals surface area contributed by atoms with Gasteiger partial charge in [0.05, 0.1) is 20.8 Å². The van der Waals surface area contributed by atoms with Crippen LogP contribution in [-0.4, -0.2) is 63.7 Å². The van der Waals surface area contributed by atoms with Crippen LogP contribution in [0.25, 0.3) is 10.2 Å². The molecule has 1 aromatic heterocycles. The minimum absolute atomic E-state index is 0. The summed E-state index contributed by atoms with van der Waals surface area (Å²) in [6, 6.07) is 21.2. The normalized spacial score (nSPS) is 11.4. The fourth-order valence-corrected chi connectivity index (χ4v) is 6.80. The van der Waals surface area contributed by atoms with E-state index in [1.807, 2.05) is 24.5 Å². The summed E-state index contributed by atoms with van der Waals surface area (Å²) < 4.78 is 28.6. The summed E-state index contributed by atoms with van der Waals surface area (Å²) in [7, 11) is -2.25. The molecule has 3 aromatic carbocycles. The first kappa shape index (κ1) is 30.9. The number of hydrogen-bond donors (Lipinski definition) is 0. The third-order valence-electron chi connectivity index (χ3n) is 6.47. The van der Waals surface area contributed by atoms with E-state index in [2.05, 4.69) is 24.8 Å². The molecular formula is C28H33ClN4O3S3. The van der Waals surface area contributed by atoms with E-state index in [0.717, 1.165) is 28.2 Å². The van der Waals surface area contributed by atoms with Crippen molar-refractivity contribution in [2.45, 2.75) is 23.6 Å². The number of halogens is 1. The minimum atomic E-state index is -3.77.